The number of benzene rings is 1. The molecule has 1 aromatic carbocycles. The van der Waals surface area contributed by atoms with Crippen LogP contribution in [0.1, 0.15) is 107 Å². The Morgan fingerprint density at radius 2 is 1.84 bits per heavy atom. The summed E-state index contributed by atoms with van der Waals surface area (Å²) in [6.07, 6.45) is 15.8. The number of allylic oxidation sites excluding steroid dienone is 2. The van der Waals surface area contributed by atoms with Gasteiger partial charge in [-0.15, -0.1) is 23.2 Å². The maximum absolute atomic E-state index is 12.0. The van der Waals surface area contributed by atoms with Gasteiger partial charge in [-0.25, -0.2) is 0 Å². The number of alkyl halides is 2. The molecular weight excluding hydrogens is 505 g/mol. The number of unbranched alkanes of at least 4 members (excludes halogenated alkanes) is 3. The van der Waals surface area contributed by atoms with E-state index in [2.05, 4.69) is 48.2 Å². The van der Waals surface area contributed by atoms with E-state index in [0.29, 0.717) is 13.0 Å². The predicted octanol–water partition coefficient (Wildman–Crippen LogP) is 7.76. The first-order valence-corrected chi connectivity index (χ1v) is 15.5. The molecule has 1 heterocycles. The maximum atomic E-state index is 12.0. The number of aliphatic hydroxyl groups is 1. The zero-order chi connectivity index (χ0) is 26.5. The van der Waals surface area contributed by atoms with Crippen LogP contribution >= 0.6 is 23.2 Å². The Kier molecular flexibility index (Phi) is 13.8. The summed E-state index contributed by atoms with van der Waals surface area (Å²) < 4.78 is 5.42. The third-order valence-corrected chi connectivity index (χ3v) is 8.95. The van der Waals surface area contributed by atoms with E-state index in [1.165, 1.54) is 24.8 Å². The number of rotatable bonds is 15. The van der Waals surface area contributed by atoms with Crippen LogP contribution in [0.2, 0.25) is 0 Å². The van der Waals surface area contributed by atoms with Gasteiger partial charge < -0.3 is 9.84 Å². The van der Waals surface area contributed by atoms with Crippen molar-refractivity contribution in [3.8, 4) is 0 Å². The molecule has 6 heteroatoms. The highest BCUT2D eigenvalue weighted by molar-refractivity contribution is 6.25. The molecule has 3 rings (SSSR count). The van der Waals surface area contributed by atoms with Crippen molar-refractivity contribution in [3.63, 3.8) is 0 Å². The van der Waals surface area contributed by atoms with Crippen LogP contribution in [0.25, 0.3) is 0 Å². The first kappa shape index (κ1) is 30.5. The number of piperidine rings is 1. The zero-order valence-electron chi connectivity index (χ0n) is 22.6. The molecule has 1 unspecified atom stereocenters. The monoisotopic (exact) mass is 551 g/mol. The summed E-state index contributed by atoms with van der Waals surface area (Å²) in [4.78, 5) is 14.4. The van der Waals surface area contributed by atoms with Crippen LogP contribution in [-0.2, 0) is 9.53 Å². The number of hydrogen-bond donors (Lipinski definition) is 1. The van der Waals surface area contributed by atoms with Gasteiger partial charge in [0.2, 0.25) is 0 Å². The minimum atomic E-state index is -0.401. The Hall–Kier alpha value is -1.07. The molecule has 4 nitrogen and oxygen atoms in total. The van der Waals surface area contributed by atoms with Gasteiger partial charge in [-0.1, -0.05) is 69.0 Å². The molecule has 0 amide bonds. The van der Waals surface area contributed by atoms with Gasteiger partial charge in [0.25, 0.3) is 0 Å². The highest BCUT2D eigenvalue weighted by Gasteiger charge is 2.41. The molecule has 208 valence electrons. The lowest BCUT2D eigenvalue weighted by atomic mass is 9.85. The van der Waals surface area contributed by atoms with Crippen LogP contribution < -0.4 is 0 Å². The predicted molar refractivity (Wildman–Crippen MR) is 155 cm³/mol. The fourth-order valence-corrected chi connectivity index (χ4v) is 6.82. The minimum absolute atomic E-state index is 0.0148. The van der Waals surface area contributed by atoms with Gasteiger partial charge in [0.15, 0.2) is 0 Å². The van der Waals surface area contributed by atoms with Crippen LogP contribution in [-0.4, -0.2) is 53.0 Å². The van der Waals surface area contributed by atoms with Crippen molar-refractivity contribution in [1.29, 1.82) is 0 Å². The molecular formula is C31H47Cl2NO3. The Morgan fingerprint density at radius 3 is 2.57 bits per heavy atom. The van der Waals surface area contributed by atoms with E-state index >= 15 is 0 Å². The summed E-state index contributed by atoms with van der Waals surface area (Å²) in [5.41, 5.74) is 2.19. The molecule has 2 aliphatic rings. The summed E-state index contributed by atoms with van der Waals surface area (Å²) >= 11 is 13.5. The lowest BCUT2D eigenvalue weighted by Crippen LogP contribution is -2.33. The molecule has 1 saturated heterocycles. The van der Waals surface area contributed by atoms with Crippen LogP contribution in [0, 0.1) is 5.92 Å². The quantitative estimate of drug-likeness (QED) is 0.105. The number of aliphatic hydroxyl groups excluding tert-OH is 1. The lowest BCUT2D eigenvalue weighted by Gasteiger charge is -2.25. The van der Waals surface area contributed by atoms with E-state index < -0.39 is 6.10 Å². The fraction of sp³-hybridized carbons (Fsp3) is 0.710. The standard InChI is InChI=1S/C31H47Cl2NO3/c1-2-3-7-13-29(35)24-15-17-25(18-16-24)31-26(27(32)23-28(31)33)12-8-4-5-9-14-30(36)37-22-21-34-19-10-6-11-20-34/h4,8,15-18,26-29,31,35H,2-3,5-7,9-14,19-23H2,1H3/b8-4-/t26-,27+,28-,29?,31+/m0/s1. The van der Waals surface area contributed by atoms with Crippen molar-refractivity contribution >= 4 is 29.2 Å². The third kappa shape index (κ3) is 10.2. The summed E-state index contributed by atoms with van der Waals surface area (Å²) in [5, 5.41) is 10.5. The van der Waals surface area contributed by atoms with E-state index in [-0.39, 0.29) is 28.6 Å². The fourth-order valence-electron chi connectivity index (χ4n) is 5.75. The van der Waals surface area contributed by atoms with Gasteiger partial charge in [0, 0.05) is 29.6 Å². The number of carbonyl (C=O) groups excluding carboxylic acids is 1. The summed E-state index contributed by atoms with van der Waals surface area (Å²) in [5.74, 6) is 0.390. The van der Waals surface area contributed by atoms with Crippen LogP contribution in [0.4, 0.5) is 0 Å². The van der Waals surface area contributed by atoms with Crippen molar-refractivity contribution in [2.45, 2.75) is 107 Å². The molecule has 1 aliphatic heterocycles. The highest BCUT2D eigenvalue weighted by atomic mass is 35.5. The van der Waals surface area contributed by atoms with Crippen molar-refractivity contribution in [2.75, 3.05) is 26.2 Å². The Balaban J connectivity index is 1.38. The molecule has 2 fully saturated rings. The summed E-state index contributed by atoms with van der Waals surface area (Å²) in [7, 11) is 0. The average Bonchev–Trinajstić information content (AvgIpc) is 3.19. The third-order valence-electron chi connectivity index (χ3n) is 8.00. The smallest absolute Gasteiger partial charge is 0.305 e. The number of ether oxygens (including phenoxy) is 1. The molecule has 37 heavy (non-hydrogen) atoms. The van der Waals surface area contributed by atoms with Gasteiger partial charge in [-0.05, 0) is 75.1 Å². The molecule has 1 saturated carbocycles. The largest absolute Gasteiger partial charge is 0.464 e. The first-order chi connectivity index (χ1) is 18.0. The second-order valence-electron chi connectivity index (χ2n) is 10.9. The molecule has 5 atom stereocenters. The van der Waals surface area contributed by atoms with Gasteiger partial charge in [0.05, 0.1) is 6.10 Å². The second-order valence-corrected chi connectivity index (χ2v) is 12.0. The van der Waals surface area contributed by atoms with Crippen molar-refractivity contribution < 1.29 is 14.6 Å². The minimum Gasteiger partial charge on any atom is -0.464 e. The SMILES string of the molecule is CCCCCC(O)c1ccc([C@@H]2[C@@H](C/C=C\CCCC(=O)OCCN3CCCCC3)[C@H](Cl)C[C@@H]2Cl)cc1. The first-order valence-electron chi connectivity index (χ1n) is 14.6. The number of halogens is 2. The Morgan fingerprint density at radius 1 is 1.08 bits per heavy atom. The molecule has 0 spiro atoms. The van der Waals surface area contributed by atoms with Crippen molar-refractivity contribution in [2.24, 2.45) is 5.92 Å². The summed E-state index contributed by atoms with van der Waals surface area (Å²) in [6.45, 7) is 5.80. The van der Waals surface area contributed by atoms with Crippen LogP contribution in [0.5, 0.6) is 0 Å². The topological polar surface area (TPSA) is 49.8 Å². The maximum Gasteiger partial charge on any atom is 0.305 e. The Bertz CT molecular complexity index is 809. The normalized spacial score (nSPS) is 25.5. The molecule has 1 N–H and O–H groups in total. The van der Waals surface area contributed by atoms with E-state index in [9.17, 15) is 9.90 Å². The molecule has 0 bridgehead atoms. The van der Waals surface area contributed by atoms with Gasteiger partial charge >= 0.3 is 5.97 Å². The van der Waals surface area contributed by atoms with E-state index in [4.69, 9.17) is 27.9 Å². The molecule has 1 aliphatic carbocycles. The number of nitrogens with zero attached hydrogens (tertiary/aromatic N) is 1. The number of hydrogen-bond acceptors (Lipinski definition) is 4. The van der Waals surface area contributed by atoms with Crippen LogP contribution in [0.15, 0.2) is 36.4 Å². The van der Waals surface area contributed by atoms with E-state index in [1.807, 2.05) is 0 Å². The number of likely N-dealkylation sites (tertiary alicyclic amines) is 1. The summed E-state index contributed by atoms with van der Waals surface area (Å²) in [6, 6.07) is 8.35. The van der Waals surface area contributed by atoms with Crippen molar-refractivity contribution in [3.05, 3.63) is 47.5 Å². The molecule has 0 radical (unpaired) electrons. The van der Waals surface area contributed by atoms with Gasteiger partial charge in [-0.3, -0.25) is 9.69 Å². The van der Waals surface area contributed by atoms with Crippen molar-refractivity contribution in [1.82, 2.24) is 4.90 Å². The highest BCUT2D eigenvalue weighted by Crippen LogP contribution is 2.47. The van der Waals surface area contributed by atoms with E-state index in [1.54, 1.807) is 0 Å². The van der Waals surface area contributed by atoms with Gasteiger partial charge in [-0.2, -0.15) is 0 Å². The molecule has 0 aromatic heterocycles. The van der Waals surface area contributed by atoms with Crippen LogP contribution in [0.3, 0.4) is 0 Å². The van der Waals surface area contributed by atoms with Gasteiger partial charge in [0.1, 0.15) is 6.61 Å². The number of carbonyl (C=O) groups is 1. The second kappa shape index (κ2) is 16.8. The average molecular weight is 553 g/mol. The van der Waals surface area contributed by atoms with E-state index in [0.717, 1.165) is 76.6 Å². The zero-order valence-corrected chi connectivity index (χ0v) is 24.1. The number of esters is 1. The molecule has 1 aromatic rings. The Labute approximate surface area is 234 Å². The lowest BCUT2D eigenvalue weighted by molar-refractivity contribution is -0.144.